The van der Waals surface area contributed by atoms with E-state index in [4.69, 9.17) is 0 Å². The van der Waals surface area contributed by atoms with Crippen molar-refractivity contribution in [3.8, 4) is 0 Å². The number of nitro groups is 1. The zero-order chi connectivity index (χ0) is 20.3. The molecule has 0 aliphatic carbocycles. The van der Waals surface area contributed by atoms with Crippen molar-refractivity contribution in [2.24, 2.45) is 0 Å². The minimum Gasteiger partial charge on any atom is -0.326 e. The van der Waals surface area contributed by atoms with Crippen molar-refractivity contribution in [1.29, 1.82) is 0 Å². The number of aromatic nitrogens is 2. The Hall–Kier alpha value is -3.55. The molecule has 0 bridgehead atoms. The van der Waals surface area contributed by atoms with Crippen LogP contribution in [0.1, 0.15) is 24.5 Å². The lowest BCUT2D eigenvalue weighted by molar-refractivity contribution is -0.385. The number of aryl methyl sites for hydroxylation is 3. The number of hydrogen-bond donors (Lipinski definition) is 1. The van der Waals surface area contributed by atoms with Crippen LogP contribution in [-0.4, -0.2) is 20.4 Å². The van der Waals surface area contributed by atoms with Crippen LogP contribution in [0.4, 0.5) is 11.4 Å². The van der Waals surface area contributed by atoms with E-state index < -0.39 is 4.92 Å². The van der Waals surface area contributed by atoms with Gasteiger partial charge in [-0.3, -0.25) is 24.3 Å². The van der Waals surface area contributed by atoms with Crippen LogP contribution in [0.25, 0.3) is 10.9 Å². The topological polar surface area (TPSA) is 107 Å². The molecule has 8 heteroatoms. The van der Waals surface area contributed by atoms with Gasteiger partial charge in [-0.1, -0.05) is 25.1 Å². The van der Waals surface area contributed by atoms with Crippen molar-refractivity contribution in [2.75, 3.05) is 5.32 Å². The molecule has 0 radical (unpaired) electrons. The van der Waals surface area contributed by atoms with Crippen molar-refractivity contribution < 1.29 is 9.72 Å². The third kappa shape index (κ3) is 3.90. The van der Waals surface area contributed by atoms with Crippen LogP contribution in [-0.2, 0) is 17.8 Å². The second-order valence-corrected chi connectivity index (χ2v) is 6.47. The Morgan fingerprint density at radius 2 is 2.07 bits per heavy atom. The number of nitro benzene ring substituents is 1. The third-order valence-electron chi connectivity index (χ3n) is 4.58. The molecule has 0 spiro atoms. The van der Waals surface area contributed by atoms with Gasteiger partial charge >= 0.3 is 0 Å². The number of hydrogen-bond acceptors (Lipinski definition) is 5. The summed E-state index contributed by atoms with van der Waals surface area (Å²) in [7, 11) is 0. The SMILES string of the molecule is CCc1ccc(NC(=O)CCn2cnc3c(C)cccc3c2=O)cc1[N+](=O)[O-]. The molecule has 0 aliphatic rings. The summed E-state index contributed by atoms with van der Waals surface area (Å²) in [5.41, 5.74) is 2.30. The molecule has 0 unspecified atom stereocenters. The highest BCUT2D eigenvalue weighted by Gasteiger charge is 2.14. The fourth-order valence-electron chi connectivity index (χ4n) is 3.05. The maximum Gasteiger partial charge on any atom is 0.274 e. The van der Waals surface area contributed by atoms with E-state index in [2.05, 4.69) is 10.3 Å². The van der Waals surface area contributed by atoms with E-state index in [0.29, 0.717) is 28.6 Å². The molecular formula is C20H20N4O4. The minimum absolute atomic E-state index is 0.0226. The van der Waals surface area contributed by atoms with Crippen LogP contribution in [0.3, 0.4) is 0 Å². The lowest BCUT2D eigenvalue weighted by Gasteiger charge is -2.09. The fraction of sp³-hybridized carbons (Fsp3) is 0.250. The number of para-hydroxylation sites is 1. The van der Waals surface area contributed by atoms with Gasteiger partial charge in [0.05, 0.1) is 22.2 Å². The Kier molecular flexibility index (Phi) is 5.49. The van der Waals surface area contributed by atoms with Gasteiger partial charge in [0.25, 0.3) is 11.2 Å². The summed E-state index contributed by atoms with van der Waals surface area (Å²) in [5, 5.41) is 14.3. The first-order valence-electron chi connectivity index (χ1n) is 8.92. The third-order valence-corrected chi connectivity index (χ3v) is 4.58. The van der Waals surface area contributed by atoms with Crippen LogP contribution in [0, 0.1) is 17.0 Å². The van der Waals surface area contributed by atoms with Crippen molar-refractivity contribution in [3.63, 3.8) is 0 Å². The fourth-order valence-corrected chi connectivity index (χ4v) is 3.05. The van der Waals surface area contributed by atoms with Crippen LogP contribution in [0.15, 0.2) is 47.5 Å². The molecule has 144 valence electrons. The summed E-state index contributed by atoms with van der Waals surface area (Å²) < 4.78 is 1.39. The van der Waals surface area contributed by atoms with E-state index >= 15 is 0 Å². The smallest absolute Gasteiger partial charge is 0.274 e. The van der Waals surface area contributed by atoms with Gasteiger partial charge < -0.3 is 5.32 Å². The average molecular weight is 380 g/mol. The monoisotopic (exact) mass is 380 g/mol. The maximum atomic E-state index is 12.6. The minimum atomic E-state index is -0.462. The van der Waals surface area contributed by atoms with Crippen LogP contribution in [0.5, 0.6) is 0 Å². The summed E-state index contributed by atoms with van der Waals surface area (Å²) in [4.78, 5) is 39.8. The number of anilines is 1. The van der Waals surface area contributed by atoms with E-state index in [0.717, 1.165) is 5.56 Å². The zero-order valence-corrected chi connectivity index (χ0v) is 15.6. The number of nitrogens with zero attached hydrogens (tertiary/aromatic N) is 3. The van der Waals surface area contributed by atoms with E-state index in [-0.39, 0.29) is 30.1 Å². The second kappa shape index (κ2) is 7.99. The van der Waals surface area contributed by atoms with E-state index in [1.807, 2.05) is 19.9 Å². The van der Waals surface area contributed by atoms with E-state index in [9.17, 15) is 19.7 Å². The number of rotatable bonds is 6. The molecule has 0 aliphatic heterocycles. The molecule has 8 nitrogen and oxygen atoms in total. The summed E-state index contributed by atoms with van der Waals surface area (Å²) in [6.07, 6.45) is 2.01. The molecule has 3 rings (SSSR count). The molecule has 0 saturated carbocycles. The highest BCUT2D eigenvalue weighted by molar-refractivity contribution is 5.91. The van der Waals surface area contributed by atoms with Gasteiger partial charge in [0, 0.05) is 30.3 Å². The molecule has 0 saturated heterocycles. The number of carbonyl (C=O) groups excluding carboxylic acids is 1. The highest BCUT2D eigenvalue weighted by atomic mass is 16.6. The largest absolute Gasteiger partial charge is 0.326 e. The summed E-state index contributed by atoms with van der Waals surface area (Å²) in [6.45, 7) is 3.88. The maximum absolute atomic E-state index is 12.6. The quantitative estimate of drug-likeness (QED) is 0.522. The second-order valence-electron chi connectivity index (χ2n) is 6.47. The Morgan fingerprint density at radius 3 is 2.79 bits per heavy atom. The van der Waals surface area contributed by atoms with Crippen molar-refractivity contribution in [3.05, 3.63) is 74.3 Å². The van der Waals surface area contributed by atoms with Gasteiger partial charge in [0.2, 0.25) is 5.91 Å². The first kappa shape index (κ1) is 19.2. The molecule has 0 fully saturated rings. The molecule has 1 amide bonds. The van der Waals surface area contributed by atoms with Crippen molar-refractivity contribution in [2.45, 2.75) is 33.2 Å². The van der Waals surface area contributed by atoms with Crippen LogP contribution in [0.2, 0.25) is 0 Å². The number of amides is 1. The zero-order valence-electron chi connectivity index (χ0n) is 15.6. The number of fused-ring (bicyclic) bond motifs is 1. The van der Waals surface area contributed by atoms with Crippen LogP contribution >= 0.6 is 0 Å². The predicted octanol–water partition coefficient (Wildman–Crippen LogP) is 3.20. The van der Waals surface area contributed by atoms with Gasteiger partial charge in [-0.2, -0.15) is 0 Å². The summed E-state index contributed by atoms with van der Waals surface area (Å²) in [6, 6.07) is 10.0. The molecule has 1 N–H and O–H groups in total. The lowest BCUT2D eigenvalue weighted by atomic mass is 10.1. The molecule has 2 aromatic carbocycles. The van der Waals surface area contributed by atoms with Gasteiger partial charge in [0.15, 0.2) is 0 Å². The predicted molar refractivity (Wildman–Crippen MR) is 106 cm³/mol. The van der Waals surface area contributed by atoms with Crippen molar-refractivity contribution >= 4 is 28.2 Å². The highest BCUT2D eigenvalue weighted by Crippen LogP contribution is 2.23. The van der Waals surface area contributed by atoms with Gasteiger partial charge in [-0.15, -0.1) is 0 Å². The van der Waals surface area contributed by atoms with E-state index in [1.165, 1.54) is 17.0 Å². The number of nitrogens with one attached hydrogen (secondary N) is 1. The normalized spacial score (nSPS) is 10.8. The van der Waals surface area contributed by atoms with E-state index in [1.54, 1.807) is 24.3 Å². The van der Waals surface area contributed by atoms with Gasteiger partial charge in [0.1, 0.15) is 0 Å². The molecule has 1 heterocycles. The Morgan fingerprint density at radius 1 is 1.29 bits per heavy atom. The first-order chi connectivity index (χ1) is 13.4. The molecule has 0 atom stereocenters. The Labute approximate surface area is 161 Å². The number of carbonyl (C=O) groups is 1. The Balaban J connectivity index is 1.72. The number of benzene rings is 2. The Bertz CT molecular complexity index is 1120. The van der Waals surface area contributed by atoms with Gasteiger partial charge in [-0.05, 0) is 31.0 Å². The average Bonchev–Trinajstić information content (AvgIpc) is 2.68. The summed E-state index contributed by atoms with van der Waals surface area (Å²) >= 11 is 0. The van der Waals surface area contributed by atoms with Gasteiger partial charge in [-0.25, -0.2) is 4.98 Å². The summed E-state index contributed by atoms with van der Waals surface area (Å²) in [5.74, 6) is -0.338. The standard InChI is InChI=1S/C20H20N4O4/c1-3-14-7-8-15(11-17(14)24(27)28)22-18(25)9-10-23-12-21-19-13(2)5-4-6-16(19)20(23)26/h4-8,11-12H,3,9-10H2,1-2H3,(H,22,25). The van der Waals surface area contributed by atoms with Crippen molar-refractivity contribution in [1.82, 2.24) is 9.55 Å². The molecule has 28 heavy (non-hydrogen) atoms. The molecule has 1 aromatic heterocycles. The van der Waals surface area contributed by atoms with Crippen LogP contribution < -0.4 is 10.9 Å². The molecule has 3 aromatic rings. The first-order valence-corrected chi connectivity index (χ1v) is 8.92. The lowest BCUT2D eigenvalue weighted by Crippen LogP contribution is -2.23. The molecular weight excluding hydrogens is 360 g/mol.